The zero-order valence-electron chi connectivity index (χ0n) is 11.6. The van der Waals surface area contributed by atoms with Crippen molar-refractivity contribution in [1.29, 1.82) is 0 Å². The summed E-state index contributed by atoms with van der Waals surface area (Å²) in [6.45, 7) is 0. The molecule has 6 heteroatoms. The Bertz CT molecular complexity index is 768. The highest BCUT2D eigenvalue weighted by Gasteiger charge is 2.09. The molecule has 0 saturated carbocycles. The average molecular weight is 347 g/mol. The molecule has 3 rings (SSSR count). The van der Waals surface area contributed by atoms with Crippen molar-refractivity contribution in [2.24, 2.45) is 0 Å². The molecule has 0 radical (unpaired) electrons. The molecule has 0 bridgehead atoms. The van der Waals surface area contributed by atoms with Crippen molar-refractivity contribution < 1.29 is 9.90 Å². The van der Waals surface area contributed by atoms with Crippen LogP contribution in [-0.2, 0) is 0 Å². The van der Waals surface area contributed by atoms with E-state index in [1.54, 1.807) is 47.0 Å². The number of carboxylic acid groups (broad SMARTS) is 1. The lowest BCUT2D eigenvalue weighted by Gasteiger charge is -2.04. The third-order valence-electron chi connectivity index (χ3n) is 2.96. The number of hydrogen-bond donors (Lipinski definition) is 1. The van der Waals surface area contributed by atoms with E-state index in [2.05, 4.69) is 11.1 Å². The minimum atomic E-state index is -0.873. The van der Waals surface area contributed by atoms with Crippen LogP contribution in [-0.4, -0.2) is 27.6 Å². The van der Waals surface area contributed by atoms with Crippen LogP contribution in [0, 0.1) is 0 Å². The number of para-hydroxylation sites is 1. The Morgan fingerprint density at radius 1 is 1.05 bits per heavy atom. The number of thiazole rings is 1. The first-order valence-electron chi connectivity index (χ1n) is 6.67. The van der Waals surface area contributed by atoms with Gasteiger partial charge in [-0.25, -0.2) is 9.78 Å². The molecule has 0 spiro atoms. The maximum Gasteiger partial charge on any atom is 0.336 e. The largest absolute Gasteiger partial charge is 0.478 e. The maximum atomic E-state index is 11.1. The van der Waals surface area contributed by atoms with E-state index in [0.717, 1.165) is 26.3 Å². The highest BCUT2D eigenvalue weighted by Crippen LogP contribution is 2.31. The monoisotopic (exact) mass is 347 g/mol. The molecule has 0 unspecified atom stereocenters. The third-order valence-corrected chi connectivity index (χ3v) is 6.47. The molecule has 1 aromatic heterocycles. The van der Waals surface area contributed by atoms with E-state index in [1.807, 2.05) is 30.3 Å². The van der Waals surface area contributed by atoms with Gasteiger partial charge in [0.1, 0.15) is 0 Å². The molecule has 0 amide bonds. The molecule has 0 fully saturated rings. The summed E-state index contributed by atoms with van der Waals surface area (Å²) >= 11 is 5.00. The summed E-state index contributed by atoms with van der Waals surface area (Å²) in [6.07, 6.45) is 0. The summed E-state index contributed by atoms with van der Waals surface area (Å²) in [5, 5.41) is 9.15. The molecule has 3 aromatic rings. The SMILES string of the molecule is O=C(O)c1ccccc1SCCSc1nc2ccccc2s1. The van der Waals surface area contributed by atoms with Crippen molar-refractivity contribution in [3.05, 3.63) is 54.1 Å². The summed E-state index contributed by atoms with van der Waals surface area (Å²) in [6, 6.07) is 15.2. The molecule has 1 heterocycles. The van der Waals surface area contributed by atoms with Gasteiger partial charge in [-0.15, -0.1) is 23.1 Å². The van der Waals surface area contributed by atoms with Crippen molar-refractivity contribution in [3.8, 4) is 0 Å². The van der Waals surface area contributed by atoms with Crippen LogP contribution in [0.2, 0.25) is 0 Å². The Kier molecular flexibility index (Phi) is 5.02. The molecule has 0 aliphatic carbocycles. The quantitative estimate of drug-likeness (QED) is 0.509. The van der Waals surface area contributed by atoms with Crippen LogP contribution in [0.25, 0.3) is 10.2 Å². The Labute approximate surface area is 140 Å². The van der Waals surface area contributed by atoms with Crippen LogP contribution in [0.1, 0.15) is 10.4 Å². The molecule has 112 valence electrons. The van der Waals surface area contributed by atoms with Crippen molar-refractivity contribution in [2.45, 2.75) is 9.24 Å². The molecule has 1 N–H and O–H groups in total. The Balaban J connectivity index is 1.56. The number of carboxylic acids is 1. The van der Waals surface area contributed by atoms with Crippen LogP contribution in [0.3, 0.4) is 0 Å². The molecule has 0 aliphatic rings. The van der Waals surface area contributed by atoms with Gasteiger partial charge in [-0.2, -0.15) is 0 Å². The van der Waals surface area contributed by atoms with E-state index < -0.39 is 5.97 Å². The van der Waals surface area contributed by atoms with E-state index >= 15 is 0 Å². The lowest BCUT2D eigenvalue weighted by Crippen LogP contribution is -1.98. The predicted molar refractivity (Wildman–Crippen MR) is 94.5 cm³/mol. The number of aromatic carboxylic acids is 1. The van der Waals surface area contributed by atoms with Gasteiger partial charge in [0.2, 0.25) is 0 Å². The number of carbonyl (C=O) groups is 1. The van der Waals surface area contributed by atoms with Crippen LogP contribution >= 0.6 is 34.9 Å². The smallest absolute Gasteiger partial charge is 0.336 e. The van der Waals surface area contributed by atoms with Crippen molar-refractivity contribution in [3.63, 3.8) is 0 Å². The second-order valence-electron chi connectivity index (χ2n) is 4.45. The summed E-state index contributed by atoms with van der Waals surface area (Å²) in [5.74, 6) is 0.880. The van der Waals surface area contributed by atoms with Gasteiger partial charge in [-0.05, 0) is 24.3 Å². The Hall–Kier alpha value is -1.50. The normalized spacial score (nSPS) is 10.9. The topological polar surface area (TPSA) is 50.2 Å². The van der Waals surface area contributed by atoms with Gasteiger partial charge >= 0.3 is 5.97 Å². The Morgan fingerprint density at radius 3 is 2.59 bits per heavy atom. The van der Waals surface area contributed by atoms with E-state index in [4.69, 9.17) is 5.11 Å². The first-order chi connectivity index (χ1) is 10.7. The molecular formula is C16H13NO2S3. The molecule has 2 aromatic carbocycles. The maximum absolute atomic E-state index is 11.1. The number of nitrogens with zero attached hydrogens (tertiary/aromatic N) is 1. The summed E-state index contributed by atoms with van der Waals surface area (Å²) in [5.41, 5.74) is 1.41. The fraction of sp³-hybridized carbons (Fsp3) is 0.125. The lowest BCUT2D eigenvalue weighted by molar-refractivity contribution is 0.0693. The summed E-state index contributed by atoms with van der Waals surface area (Å²) in [7, 11) is 0. The molecule has 0 saturated heterocycles. The second-order valence-corrected chi connectivity index (χ2v) is 7.96. The van der Waals surface area contributed by atoms with Gasteiger partial charge in [0.15, 0.2) is 4.34 Å². The van der Waals surface area contributed by atoms with Crippen LogP contribution in [0.4, 0.5) is 0 Å². The lowest BCUT2D eigenvalue weighted by atomic mass is 10.2. The zero-order chi connectivity index (χ0) is 15.4. The van der Waals surface area contributed by atoms with Crippen LogP contribution < -0.4 is 0 Å². The zero-order valence-corrected chi connectivity index (χ0v) is 14.0. The van der Waals surface area contributed by atoms with Gasteiger partial charge in [0.05, 0.1) is 15.8 Å². The third kappa shape index (κ3) is 3.63. The first kappa shape index (κ1) is 15.4. The van der Waals surface area contributed by atoms with E-state index in [-0.39, 0.29) is 0 Å². The summed E-state index contributed by atoms with van der Waals surface area (Å²) in [4.78, 5) is 16.5. The van der Waals surface area contributed by atoms with Crippen LogP contribution in [0.15, 0.2) is 57.8 Å². The van der Waals surface area contributed by atoms with E-state index in [9.17, 15) is 4.79 Å². The van der Waals surface area contributed by atoms with Gasteiger partial charge in [-0.3, -0.25) is 0 Å². The van der Waals surface area contributed by atoms with Gasteiger partial charge in [0.25, 0.3) is 0 Å². The minimum Gasteiger partial charge on any atom is -0.478 e. The fourth-order valence-electron chi connectivity index (χ4n) is 1.96. The predicted octanol–water partition coefficient (Wildman–Crippen LogP) is 4.88. The van der Waals surface area contributed by atoms with Crippen molar-refractivity contribution in [2.75, 3.05) is 11.5 Å². The number of benzene rings is 2. The fourth-order valence-corrected chi connectivity index (χ4v) is 5.12. The van der Waals surface area contributed by atoms with E-state index in [1.165, 1.54) is 4.70 Å². The average Bonchev–Trinajstić information content (AvgIpc) is 2.94. The minimum absolute atomic E-state index is 0.373. The number of aromatic nitrogens is 1. The number of rotatable bonds is 6. The number of hydrogen-bond acceptors (Lipinski definition) is 5. The number of thioether (sulfide) groups is 2. The second kappa shape index (κ2) is 7.17. The van der Waals surface area contributed by atoms with Crippen molar-refractivity contribution in [1.82, 2.24) is 4.98 Å². The highest BCUT2D eigenvalue weighted by molar-refractivity contribution is 8.04. The summed E-state index contributed by atoms with van der Waals surface area (Å²) < 4.78 is 2.27. The Morgan fingerprint density at radius 2 is 1.77 bits per heavy atom. The standard InChI is InChI=1S/C16H13NO2S3/c18-15(19)11-5-1-3-7-13(11)20-9-10-21-16-17-12-6-2-4-8-14(12)22-16/h1-8H,9-10H2,(H,18,19). The van der Waals surface area contributed by atoms with Gasteiger partial charge < -0.3 is 5.11 Å². The molecular weight excluding hydrogens is 334 g/mol. The van der Waals surface area contributed by atoms with E-state index in [0.29, 0.717) is 5.56 Å². The van der Waals surface area contributed by atoms with Gasteiger partial charge in [0, 0.05) is 16.4 Å². The van der Waals surface area contributed by atoms with Crippen LogP contribution in [0.5, 0.6) is 0 Å². The van der Waals surface area contributed by atoms with Gasteiger partial charge in [-0.1, -0.05) is 36.0 Å². The first-order valence-corrected chi connectivity index (χ1v) is 9.46. The molecule has 0 atom stereocenters. The van der Waals surface area contributed by atoms with Crippen molar-refractivity contribution >= 4 is 51.0 Å². The molecule has 3 nitrogen and oxygen atoms in total. The number of fused-ring (bicyclic) bond motifs is 1. The molecule has 0 aliphatic heterocycles. The highest BCUT2D eigenvalue weighted by atomic mass is 32.2. The molecule has 22 heavy (non-hydrogen) atoms.